The third-order valence-corrected chi connectivity index (χ3v) is 7.61. The minimum absolute atomic E-state index is 0.135. The van der Waals surface area contributed by atoms with Gasteiger partial charge in [0.2, 0.25) is 0 Å². The summed E-state index contributed by atoms with van der Waals surface area (Å²) < 4.78 is 0. The highest BCUT2D eigenvalue weighted by atomic mass is 35.5. The van der Waals surface area contributed by atoms with Crippen molar-refractivity contribution in [2.75, 3.05) is 5.32 Å². The Hall–Kier alpha value is -1.92. The van der Waals surface area contributed by atoms with E-state index in [0.29, 0.717) is 34.7 Å². The van der Waals surface area contributed by atoms with Crippen molar-refractivity contribution in [2.24, 2.45) is 11.8 Å². The van der Waals surface area contributed by atoms with Gasteiger partial charge < -0.3 is 10.6 Å². The Kier molecular flexibility index (Phi) is 7.28. The molecule has 2 aliphatic carbocycles. The fourth-order valence-corrected chi connectivity index (χ4v) is 5.30. The van der Waals surface area contributed by atoms with Gasteiger partial charge in [-0.1, -0.05) is 37.3 Å². The molecule has 0 radical (unpaired) electrons. The maximum Gasteiger partial charge on any atom is 0.261 e. The molecule has 2 aromatic rings. The van der Waals surface area contributed by atoms with Gasteiger partial charge in [-0.3, -0.25) is 14.6 Å². The van der Waals surface area contributed by atoms with Crippen molar-refractivity contribution in [3.05, 3.63) is 44.9 Å². The number of hydrogen-bond donors (Lipinski definition) is 2. The molecule has 7 heteroatoms. The van der Waals surface area contributed by atoms with Crippen molar-refractivity contribution >= 4 is 40.3 Å². The van der Waals surface area contributed by atoms with Crippen LogP contribution < -0.4 is 10.6 Å². The van der Waals surface area contributed by atoms with Crippen LogP contribution in [0.1, 0.15) is 71.6 Å². The van der Waals surface area contributed by atoms with Crippen molar-refractivity contribution < 1.29 is 9.59 Å². The monoisotopic (exact) mass is 459 g/mol. The number of ketones is 1. The van der Waals surface area contributed by atoms with Crippen LogP contribution in [0.25, 0.3) is 0 Å². The predicted octanol–water partition coefficient (Wildman–Crippen LogP) is 5.76. The number of aryl methyl sites for hydroxylation is 1. The van der Waals surface area contributed by atoms with Crippen molar-refractivity contribution in [1.29, 1.82) is 0 Å². The van der Waals surface area contributed by atoms with E-state index >= 15 is 0 Å². The zero-order valence-electron chi connectivity index (χ0n) is 18.0. The Labute approximate surface area is 193 Å². The lowest BCUT2D eigenvalue weighted by atomic mass is 9.93. The Morgan fingerprint density at radius 3 is 2.71 bits per heavy atom. The van der Waals surface area contributed by atoms with Crippen LogP contribution in [0.4, 0.5) is 5.69 Å². The highest BCUT2D eigenvalue weighted by molar-refractivity contribution is 7.14. The maximum absolute atomic E-state index is 12.9. The average molecular weight is 460 g/mol. The normalized spacial score (nSPS) is 17.5. The number of nitrogens with zero attached hydrogens (tertiary/aromatic N) is 1. The maximum atomic E-state index is 12.9. The number of nitrogens with one attached hydrogen (secondary N) is 2. The Morgan fingerprint density at radius 1 is 1.19 bits per heavy atom. The highest BCUT2D eigenvalue weighted by Crippen LogP contribution is 2.34. The van der Waals surface area contributed by atoms with Gasteiger partial charge in [0.1, 0.15) is 0 Å². The van der Waals surface area contributed by atoms with Crippen LogP contribution in [0.15, 0.2) is 24.4 Å². The van der Waals surface area contributed by atoms with Crippen molar-refractivity contribution in [1.82, 2.24) is 10.3 Å². The molecule has 2 aliphatic rings. The van der Waals surface area contributed by atoms with Gasteiger partial charge in [0.05, 0.1) is 27.3 Å². The van der Waals surface area contributed by atoms with Gasteiger partial charge in [0.15, 0.2) is 5.78 Å². The molecule has 166 valence electrons. The van der Waals surface area contributed by atoms with Crippen molar-refractivity contribution in [3.8, 4) is 0 Å². The first kappa shape index (κ1) is 22.3. The van der Waals surface area contributed by atoms with Crippen LogP contribution in [0.3, 0.4) is 0 Å². The zero-order chi connectivity index (χ0) is 21.8. The largest absolute Gasteiger partial charge is 0.379 e. The van der Waals surface area contributed by atoms with E-state index in [1.54, 1.807) is 6.20 Å². The fourth-order valence-electron chi connectivity index (χ4n) is 4.29. The third-order valence-electron chi connectivity index (χ3n) is 6.32. The number of pyridine rings is 1. The summed E-state index contributed by atoms with van der Waals surface area (Å²) in [5, 5.41) is 6.99. The van der Waals surface area contributed by atoms with Gasteiger partial charge >= 0.3 is 0 Å². The molecular formula is C24H30ClN3O2S. The first-order valence-corrected chi connectivity index (χ1v) is 12.5. The first-order chi connectivity index (χ1) is 15.0. The number of anilines is 1. The summed E-state index contributed by atoms with van der Waals surface area (Å²) in [6.07, 6.45) is 10.2. The van der Waals surface area contributed by atoms with Crippen molar-refractivity contribution in [2.45, 2.75) is 70.9 Å². The summed E-state index contributed by atoms with van der Waals surface area (Å²) in [5.74, 6) is 1.18. The molecular weight excluding hydrogens is 430 g/mol. The molecule has 2 aromatic heterocycles. The third kappa shape index (κ3) is 6.30. The van der Waals surface area contributed by atoms with Gasteiger partial charge in [0.25, 0.3) is 5.91 Å². The molecule has 0 bridgehead atoms. The molecule has 2 saturated carbocycles. The van der Waals surface area contributed by atoms with E-state index < -0.39 is 0 Å². The van der Waals surface area contributed by atoms with Crippen LogP contribution in [0.5, 0.6) is 0 Å². The number of thiophene rings is 1. The molecule has 2 heterocycles. The van der Waals surface area contributed by atoms with Gasteiger partial charge in [-0.25, -0.2) is 0 Å². The highest BCUT2D eigenvalue weighted by Gasteiger charge is 2.31. The molecule has 2 N–H and O–H groups in total. The van der Waals surface area contributed by atoms with Gasteiger partial charge in [-0.15, -0.1) is 11.3 Å². The van der Waals surface area contributed by atoms with E-state index in [0.717, 1.165) is 35.5 Å². The van der Waals surface area contributed by atoms with Gasteiger partial charge in [0, 0.05) is 24.0 Å². The first-order valence-electron chi connectivity index (χ1n) is 11.3. The number of Topliss-reactive ketones (excluding diaryl/α,β-unsaturated/α-hetero) is 1. The van der Waals surface area contributed by atoms with Gasteiger partial charge in [-0.2, -0.15) is 0 Å². The predicted molar refractivity (Wildman–Crippen MR) is 126 cm³/mol. The summed E-state index contributed by atoms with van der Waals surface area (Å²) in [7, 11) is 0. The summed E-state index contributed by atoms with van der Waals surface area (Å²) in [6.45, 7) is 2.52. The number of hydrogen-bond acceptors (Lipinski definition) is 5. The van der Waals surface area contributed by atoms with Crippen LogP contribution in [-0.4, -0.2) is 22.7 Å². The minimum atomic E-state index is -0.347. The van der Waals surface area contributed by atoms with E-state index in [2.05, 4.69) is 15.6 Å². The fraction of sp³-hybridized carbons (Fsp3) is 0.542. The molecule has 4 rings (SSSR count). The lowest BCUT2D eigenvalue weighted by Crippen LogP contribution is -2.41. The second-order valence-electron chi connectivity index (χ2n) is 8.93. The number of aromatic nitrogens is 1. The number of halogens is 1. The molecule has 31 heavy (non-hydrogen) atoms. The summed E-state index contributed by atoms with van der Waals surface area (Å²) in [5.41, 5.74) is 1.76. The Balaban J connectivity index is 1.36. The second-order valence-corrected chi connectivity index (χ2v) is 10.5. The van der Waals surface area contributed by atoms with Crippen molar-refractivity contribution in [3.63, 3.8) is 0 Å². The zero-order valence-corrected chi connectivity index (χ0v) is 19.5. The number of carbonyl (C=O) groups is 2. The lowest BCUT2D eigenvalue weighted by Gasteiger charge is -2.20. The van der Waals surface area contributed by atoms with Crippen LogP contribution in [-0.2, 0) is 11.3 Å². The quantitative estimate of drug-likeness (QED) is 0.473. The SMILES string of the molecule is Cc1ncc(Cl)cc1NCc1ccc(C(=O)N[C@@H](CC2CCCC2)C(=O)CC2CC2)s1. The Morgan fingerprint density at radius 2 is 1.97 bits per heavy atom. The van der Waals surface area contributed by atoms with E-state index in [1.807, 2.05) is 25.1 Å². The van der Waals surface area contributed by atoms with Gasteiger partial charge in [-0.05, 0) is 56.2 Å². The van der Waals surface area contributed by atoms with E-state index in [1.165, 1.54) is 37.0 Å². The Bertz CT molecular complexity index is 935. The summed E-state index contributed by atoms with van der Waals surface area (Å²) in [6, 6.07) is 5.31. The van der Waals surface area contributed by atoms with Crippen LogP contribution in [0, 0.1) is 18.8 Å². The number of amides is 1. The topological polar surface area (TPSA) is 71.1 Å². The molecule has 0 aromatic carbocycles. The summed E-state index contributed by atoms with van der Waals surface area (Å²) in [4.78, 5) is 31.7. The lowest BCUT2D eigenvalue weighted by molar-refractivity contribution is -0.121. The van der Waals surface area contributed by atoms with E-state index in [9.17, 15) is 9.59 Å². The summed E-state index contributed by atoms with van der Waals surface area (Å²) >= 11 is 7.49. The molecule has 1 amide bonds. The minimum Gasteiger partial charge on any atom is -0.379 e. The number of rotatable bonds is 10. The molecule has 5 nitrogen and oxygen atoms in total. The molecule has 0 aliphatic heterocycles. The van der Waals surface area contributed by atoms with E-state index in [4.69, 9.17) is 11.6 Å². The molecule has 0 saturated heterocycles. The molecule has 0 spiro atoms. The number of carbonyl (C=O) groups excluding carboxylic acids is 2. The van der Waals surface area contributed by atoms with E-state index in [-0.39, 0.29) is 17.7 Å². The standard InChI is InChI=1S/C24H30ClN3O2S/c1-15-20(12-18(25)13-26-15)27-14-19-8-9-23(31-19)24(30)28-21(10-16-4-2-3-5-16)22(29)11-17-6-7-17/h8-9,12-13,16-17,21,27H,2-7,10-11,14H2,1H3,(H,28,30)/t21-/m0/s1. The molecule has 2 fully saturated rings. The second kappa shape index (κ2) is 10.1. The van der Waals surface area contributed by atoms with Crippen LogP contribution in [0.2, 0.25) is 5.02 Å². The molecule has 0 unspecified atom stereocenters. The molecule has 1 atom stereocenters. The smallest absolute Gasteiger partial charge is 0.261 e. The van der Waals surface area contributed by atoms with Crippen LogP contribution >= 0.6 is 22.9 Å². The average Bonchev–Trinajstić information content (AvgIpc) is 3.21.